The molecule has 2 aromatic rings. The van der Waals surface area contributed by atoms with Crippen molar-refractivity contribution in [2.45, 2.75) is 19.6 Å². The van der Waals surface area contributed by atoms with Crippen molar-refractivity contribution in [3.05, 3.63) is 59.4 Å². The van der Waals surface area contributed by atoms with Gasteiger partial charge in [-0.3, -0.25) is 4.98 Å². The maximum absolute atomic E-state index is 12.1. The zero-order chi connectivity index (χ0) is 14.7. The molecule has 0 bridgehead atoms. The molecule has 2 N–H and O–H groups in total. The fraction of sp³-hybridized carbons (Fsp3) is 0.250. The van der Waals surface area contributed by atoms with Gasteiger partial charge in [0.15, 0.2) is 0 Å². The minimum Gasteiger partial charge on any atom is -0.445 e. The summed E-state index contributed by atoms with van der Waals surface area (Å²) in [6, 6.07) is 11.5. The lowest BCUT2D eigenvalue weighted by Crippen LogP contribution is -2.36. The van der Waals surface area contributed by atoms with Crippen LogP contribution >= 0.6 is 0 Å². The second-order valence-corrected chi connectivity index (χ2v) is 5.09. The van der Waals surface area contributed by atoms with E-state index in [-0.39, 0.29) is 12.7 Å². The van der Waals surface area contributed by atoms with Crippen LogP contribution in [0.25, 0.3) is 0 Å². The van der Waals surface area contributed by atoms with Crippen LogP contribution in [0.2, 0.25) is 0 Å². The van der Waals surface area contributed by atoms with Crippen LogP contribution in [-0.2, 0) is 24.3 Å². The molecule has 1 aliphatic rings. The number of carbonyl (C=O) groups is 1. The summed E-state index contributed by atoms with van der Waals surface area (Å²) in [5.41, 5.74) is 9.35. The van der Waals surface area contributed by atoms with Crippen LogP contribution in [0.5, 0.6) is 0 Å². The van der Waals surface area contributed by atoms with Crippen LogP contribution in [0.15, 0.2) is 42.6 Å². The molecule has 0 spiro atoms. The standard InChI is InChI=1S/C16H17N3O2/c17-14-8-13-10-19(7-6-15(13)18-9-14)16(20)21-11-12-4-2-1-3-5-12/h1-5,8-9H,6-7,10-11,17H2. The predicted molar refractivity (Wildman–Crippen MR) is 79.4 cm³/mol. The van der Waals surface area contributed by atoms with Crippen molar-refractivity contribution in [1.29, 1.82) is 0 Å². The van der Waals surface area contributed by atoms with E-state index in [2.05, 4.69) is 4.98 Å². The van der Waals surface area contributed by atoms with E-state index in [1.54, 1.807) is 11.1 Å². The zero-order valence-electron chi connectivity index (χ0n) is 11.7. The number of benzene rings is 1. The first-order chi connectivity index (χ1) is 10.2. The van der Waals surface area contributed by atoms with Gasteiger partial charge in [0.05, 0.1) is 18.4 Å². The molecule has 0 fully saturated rings. The van der Waals surface area contributed by atoms with Gasteiger partial charge in [0.1, 0.15) is 6.61 Å². The van der Waals surface area contributed by atoms with Crippen LogP contribution in [0.3, 0.4) is 0 Å². The maximum Gasteiger partial charge on any atom is 0.410 e. The highest BCUT2D eigenvalue weighted by Crippen LogP contribution is 2.19. The van der Waals surface area contributed by atoms with Crippen LogP contribution in [-0.4, -0.2) is 22.5 Å². The van der Waals surface area contributed by atoms with Crippen molar-refractivity contribution in [3.8, 4) is 0 Å². The summed E-state index contributed by atoms with van der Waals surface area (Å²) in [4.78, 5) is 18.1. The number of hydrogen-bond acceptors (Lipinski definition) is 4. The lowest BCUT2D eigenvalue weighted by atomic mass is 10.1. The van der Waals surface area contributed by atoms with Crippen LogP contribution < -0.4 is 5.73 Å². The first kappa shape index (κ1) is 13.4. The number of nitrogens with zero attached hydrogens (tertiary/aromatic N) is 2. The minimum absolute atomic E-state index is 0.290. The molecule has 1 amide bonds. The van der Waals surface area contributed by atoms with Gasteiger partial charge in [-0.1, -0.05) is 30.3 Å². The average Bonchev–Trinajstić information content (AvgIpc) is 2.53. The Bertz CT molecular complexity index is 643. The Hall–Kier alpha value is -2.56. The van der Waals surface area contributed by atoms with E-state index >= 15 is 0 Å². The molecule has 0 saturated carbocycles. The molecule has 5 nitrogen and oxygen atoms in total. The third-order valence-electron chi connectivity index (χ3n) is 3.52. The summed E-state index contributed by atoms with van der Waals surface area (Å²) in [7, 11) is 0. The first-order valence-corrected chi connectivity index (χ1v) is 6.91. The normalized spacial score (nSPS) is 13.6. The van der Waals surface area contributed by atoms with Crippen LogP contribution in [0.1, 0.15) is 16.8 Å². The van der Waals surface area contributed by atoms with Gasteiger partial charge in [-0.2, -0.15) is 0 Å². The lowest BCUT2D eigenvalue weighted by Gasteiger charge is -2.27. The molecule has 0 atom stereocenters. The molecular weight excluding hydrogens is 266 g/mol. The van der Waals surface area contributed by atoms with E-state index in [1.165, 1.54) is 0 Å². The molecule has 108 valence electrons. The number of fused-ring (bicyclic) bond motifs is 1. The van der Waals surface area contributed by atoms with Crippen molar-refractivity contribution in [2.24, 2.45) is 0 Å². The van der Waals surface area contributed by atoms with Gasteiger partial charge in [-0.15, -0.1) is 0 Å². The molecule has 0 saturated heterocycles. The Balaban J connectivity index is 1.61. The summed E-state index contributed by atoms with van der Waals surface area (Å²) >= 11 is 0. The SMILES string of the molecule is Nc1cnc2c(c1)CN(C(=O)OCc1ccccc1)CC2. The lowest BCUT2D eigenvalue weighted by molar-refractivity contribution is 0.0916. The summed E-state index contributed by atoms with van der Waals surface area (Å²) in [5.74, 6) is 0. The Labute approximate surface area is 123 Å². The Morgan fingerprint density at radius 3 is 2.95 bits per heavy atom. The molecular formula is C16H17N3O2. The second-order valence-electron chi connectivity index (χ2n) is 5.09. The van der Waals surface area contributed by atoms with Crippen molar-refractivity contribution >= 4 is 11.8 Å². The predicted octanol–water partition coefficient (Wildman–Crippen LogP) is 2.36. The first-order valence-electron chi connectivity index (χ1n) is 6.91. The van der Waals surface area contributed by atoms with Crippen molar-refractivity contribution in [2.75, 3.05) is 12.3 Å². The Morgan fingerprint density at radius 1 is 1.33 bits per heavy atom. The summed E-state index contributed by atoms with van der Waals surface area (Å²) in [6.07, 6.45) is 2.09. The van der Waals surface area contributed by atoms with Gasteiger partial charge in [0.2, 0.25) is 0 Å². The number of hydrogen-bond donors (Lipinski definition) is 1. The van der Waals surface area contributed by atoms with Gasteiger partial charge in [-0.25, -0.2) is 4.79 Å². The van der Waals surface area contributed by atoms with Crippen LogP contribution in [0.4, 0.5) is 10.5 Å². The number of rotatable bonds is 2. The number of nitrogen functional groups attached to an aromatic ring is 1. The largest absolute Gasteiger partial charge is 0.445 e. The van der Waals surface area contributed by atoms with Crippen molar-refractivity contribution < 1.29 is 9.53 Å². The maximum atomic E-state index is 12.1. The molecule has 3 rings (SSSR count). The van der Waals surface area contributed by atoms with Crippen molar-refractivity contribution in [3.63, 3.8) is 0 Å². The van der Waals surface area contributed by atoms with E-state index in [0.29, 0.717) is 18.8 Å². The Kier molecular flexibility index (Phi) is 3.73. The van der Waals surface area contributed by atoms with E-state index in [9.17, 15) is 4.79 Å². The molecule has 0 aliphatic carbocycles. The average molecular weight is 283 g/mol. The smallest absolute Gasteiger partial charge is 0.410 e. The summed E-state index contributed by atoms with van der Waals surface area (Å²) in [6.45, 7) is 1.41. The van der Waals surface area contributed by atoms with Crippen molar-refractivity contribution in [1.82, 2.24) is 9.88 Å². The molecule has 2 heterocycles. The Morgan fingerprint density at radius 2 is 2.14 bits per heavy atom. The number of amides is 1. The van der Waals surface area contributed by atoms with E-state index in [4.69, 9.17) is 10.5 Å². The van der Waals surface area contributed by atoms with E-state index < -0.39 is 0 Å². The van der Waals surface area contributed by atoms with Gasteiger partial charge < -0.3 is 15.4 Å². The number of nitrogens with two attached hydrogens (primary N) is 1. The van der Waals surface area contributed by atoms with Gasteiger partial charge in [0, 0.05) is 18.7 Å². The molecule has 5 heteroatoms. The highest BCUT2D eigenvalue weighted by Gasteiger charge is 2.22. The third kappa shape index (κ3) is 3.13. The highest BCUT2D eigenvalue weighted by atomic mass is 16.6. The van der Waals surface area contributed by atoms with Crippen LogP contribution in [0, 0.1) is 0 Å². The molecule has 1 aromatic heterocycles. The molecule has 1 aliphatic heterocycles. The number of aromatic nitrogens is 1. The van der Waals surface area contributed by atoms with Gasteiger partial charge >= 0.3 is 6.09 Å². The van der Waals surface area contributed by atoms with E-state index in [1.807, 2.05) is 36.4 Å². The monoisotopic (exact) mass is 283 g/mol. The molecule has 21 heavy (non-hydrogen) atoms. The fourth-order valence-electron chi connectivity index (χ4n) is 2.41. The minimum atomic E-state index is -0.299. The quantitative estimate of drug-likeness (QED) is 0.918. The van der Waals surface area contributed by atoms with Gasteiger partial charge in [-0.05, 0) is 17.2 Å². The molecule has 0 radical (unpaired) electrons. The fourth-order valence-corrected chi connectivity index (χ4v) is 2.41. The number of anilines is 1. The third-order valence-corrected chi connectivity index (χ3v) is 3.52. The topological polar surface area (TPSA) is 68.5 Å². The second kappa shape index (κ2) is 5.83. The molecule has 1 aromatic carbocycles. The number of ether oxygens (including phenoxy) is 1. The van der Waals surface area contributed by atoms with E-state index in [0.717, 1.165) is 23.2 Å². The summed E-state index contributed by atoms with van der Waals surface area (Å²) in [5, 5.41) is 0. The number of pyridine rings is 1. The molecule has 0 unspecified atom stereocenters. The number of carbonyl (C=O) groups excluding carboxylic acids is 1. The zero-order valence-corrected chi connectivity index (χ0v) is 11.7. The highest BCUT2D eigenvalue weighted by molar-refractivity contribution is 5.68. The van der Waals surface area contributed by atoms with Gasteiger partial charge in [0.25, 0.3) is 0 Å². The summed E-state index contributed by atoms with van der Waals surface area (Å²) < 4.78 is 5.35.